The van der Waals surface area contributed by atoms with Crippen LogP contribution < -0.4 is 5.32 Å². The van der Waals surface area contributed by atoms with Crippen molar-refractivity contribution in [1.82, 2.24) is 4.90 Å². The molecule has 0 aliphatic carbocycles. The molecule has 1 aromatic rings. The van der Waals surface area contributed by atoms with E-state index in [0.717, 1.165) is 12.1 Å². The molecule has 1 saturated heterocycles. The molecule has 1 fully saturated rings. The summed E-state index contributed by atoms with van der Waals surface area (Å²) in [5, 5.41) is 2.73. The van der Waals surface area contributed by atoms with Crippen LogP contribution in [-0.2, 0) is 4.79 Å². The monoisotopic (exact) mass is 304 g/mol. The van der Waals surface area contributed by atoms with Gasteiger partial charge in [-0.25, -0.2) is 8.78 Å². The molecular weight excluding hydrogens is 294 g/mol. The maximum atomic E-state index is 13.5. The zero-order valence-electron chi connectivity index (χ0n) is 9.14. The third-order valence-corrected chi connectivity index (χ3v) is 3.37. The van der Waals surface area contributed by atoms with E-state index in [2.05, 4.69) is 21.2 Å². The van der Waals surface area contributed by atoms with Crippen molar-refractivity contribution in [3.05, 3.63) is 28.2 Å². The molecule has 2 rings (SSSR count). The zero-order chi connectivity index (χ0) is 12.6. The van der Waals surface area contributed by atoms with Gasteiger partial charge in [-0.15, -0.1) is 0 Å². The summed E-state index contributed by atoms with van der Waals surface area (Å²) in [4.78, 5) is 13.2. The number of rotatable bonds is 2. The summed E-state index contributed by atoms with van der Waals surface area (Å²) in [6.45, 7) is 0.622. The Labute approximate surface area is 106 Å². The van der Waals surface area contributed by atoms with Crippen LogP contribution in [0.15, 0.2) is 16.6 Å². The molecule has 1 amide bonds. The molecule has 0 spiro atoms. The third-order valence-electron chi connectivity index (χ3n) is 2.77. The number of nitrogens with zero attached hydrogens (tertiary/aromatic N) is 1. The van der Waals surface area contributed by atoms with Gasteiger partial charge in [0, 0.05) is 19.7 Å². The highest BCUT2D eigenvalue weighted by Gasteiger charge is 2.29. The number of benzene rings is 1. The summed E-state index contributed by atoms with van der Waals surface area (Å²) in [6, 6.07) is 1.61. The second-order valence-electron chi connectivity index (χ2n) is 3.99. The molecule has 0 aromatic heterocycles. The third kappa shape index (κ3) is 2.41. The van der Waals surface area contributed by atoms with Gasteiger partial charge in [-0.1, -0.05) is 0 Å². The van der Waals surface area contributed by atoms with Crippen LogP contribution in [0.5, 0.6) is 0 Å². The van der Waals surface area contributed by atoms with Crippen molar-refractivity contribution in [2.45, 2.75) is 12.5 Å². The van der Waals surface area contributed by atoms with Gasteiger partial charge in [0.25, 0.3) is 0 Å². The number of anilines is 1. The Morgan fingerprint density at radius 2 is 2.12 bits per heavy atom. The number of nitrogens with one attached hydrogen (secondary N) is 1. The molecule has 1 heterocycles. The largest absolute Gasteiger partial charge is 0.371 e. The standard InChI is InChI=1S/C11H11BrF2N2O/c1-16-3-2-9(11(16)17)15-10-5-7(13)6(12)4-8(10)14/h4-5,9,15H,2-3H2,1H3. The van der Waals surface area contributed by atoms with Crippen molar-refractivity contribution in [2.24, 2.45) is 0 Å². The molecule has 92 valence electrons. The Kier molecular flexibility index (Phi) is 3.33. The molecule has 1 atom stereocenters. The summed E-state index contributed by atoms with van der Waals surface area (Å²) in [5.41, 5.74) is 0.0133. The first-order chi connectivity index (χ1) is 7.99. The number of likely N-dealkylation sites (tertiary alicyclic amines) is 1. The van der Waals surface area contributed by atoms with Crippen molar-refractivity contribution in [2.75, 3.05) is 18.9 Å². The fourth-order valence-corrected chi connectivity index (χ4v) is 2.09. The number of carbonyl (C=O) groups is 1. The van der Waals surface area contributed by atoms with E-state index in [0.29, 0.717) is 13.0 Å². The Balaban J connectivity index is 2.19. The van der Waals surface area contributed by atoms with Crippen molar-refractivity contribution in [1.29, 1.82) is 0 Å². The lowest BCUT2D eigenvalue weighted by molar-refractivity contribution is -0.127. The van der Waals surface area contributed by atoms with E-state index in [1.165, 1.54) is 0 Å². The van der Waals surface area contributed by atoms with Gasteiger partial charge >= 0.3 is 0 Å². The Morgan fingerprint density at radius 1 is 1.41 bits per heavy atom. The topological polar surface area (TPSA) is 32.3 Å². The van der Waals surface area contributed by atoms with E-state index in [1.54, 1.807) is 11.9 Å². The highest BCUT2D eigenvalue weighted by Crippen LogP contribution is 2.25. The molecular formula is C11H11BrF2N2O. The second kappa shape index (κ2) is 4.60. The lowest BCUT2D eigenvalue weighted by Crippen LogP contribution is -2.31. The van der Waals surface area contributed by atoms with E-state index in [4.69, 9.17) is 0 Å². The van der Waals surface area contributed by atoms with Gasteiger partial charge in [-0.05, 0) is 28.4 Å². The van der Waals surface area contributed by atoms with Crippen molar-refractivity contribution in [3.63, 3.8) is 0 Å². The number of likely N-dealkylation sites (N-methyl/N-ethyl adjacent to an activating group) is 1. The number of hydrogen-bond donors (Lipinski definition) is 1. The first-order valence-corrected chi connectivity index (χ1v) is 5.94. The van der Waals surface area contributed by atoms with E-state index in [9.17, 15) is 13.6 Å². The first-order valence-electron chi connectivity index (χ1n) is 5.15. The summed E-state index contributed by atoms with van der Waals surface area (Å²) >= 11 is 2.90. The van der Waals surface area contributed by atoms with E-state index < -0.39 is 17.7 Å². The number of halogens is 3. The van der Waals surface area contributed by atoms with Gasteiger partial charge in [0.15, 0.2) is 0 Å². The van der Waals surface area contributed by atoms with Crippen molar-refractivity contribution < 1.29 is 13.6 Å². The van der Waals surface area contributed by atoms with Crippen molar-refractivity contribution in [3.8, 4) is 0 Å². The quantitative estimate of drug-likeness (QED) is 0.851. The van der Waals surface area contributed by atoms with Gasteiger partial charge in [0.1, 0.15) is 17.7 Å². The summed E-state index contributed by atoms with van der Waals surface area (Å²) in [6.07, 6.45) is 0.590. The minimum Gasteiger partial charge on any atom is -0.371 e. The fraction of sp³-hybridized carbons (Fsp3) is 0.364. The van der Waals surface area contributed by atoms with Crippen LogP contribution in [0.1, 0.15) is 6.42 Å². The highest BCUT2D eigenvalue weighted by atomic mass is 79.9. The molecule has 1 aliphatic heterocycles. The van der Waals surface area contributed by atoms with Crippen molar-refractivity contribution >= 4 is 27.5 Å². The minimum absolute atomic E-state index is 0.0133. The van der Waals surface area contributed by atoms with E-state index in [-0.39, 0.29) is 16.1 Å². The smallest absolute Gasteiger partial charge is 0.244 e. The van der Waals surface area contributed by atoms with E-state index >= 15 is 0 Å². The van der Waals surface area contributed by atoms with Gasteiger partial charge < -0.3 is 10.2 Å². The number of carbonyl (C=O) groups excluding carboxylic acids is 1. The SMILES string of the molecule is CN1CCC(Nc2cc(F)c(Br)cc2F)C1=O. The maximum Gasteiger partial charge on any atom is 0.244 e. The molecule has 3 nitrogen and oxygen atoms in total. The molecule has 6 heteroatoms. The summed E-state index contributed by atoms with van der Waals surface area (Å²) < 4.78 is 26.8. The van der Waals surface area contributed by atoms with Gasteiger partial charge in [0.2, 0.25) is 5.91 Å². The Morgan fingerprint density at radius 3 is 2.71 bits per heavy atom. The highest BCUT2D eigenvalue weighted by molar-refractivity contribution is 9.10. The van der Waals surface area contributed by atoms with Crippen LogP contribution in [0.3, 0.4) is 0 Å². The average Bonchev–Trinajstić information content (AvgIpc) is 2.58. The molecule has 17 heavy (non-hydrogen) atoms. The van der Waals surface area contributed by atoms with Gasteiger partial charge in [-0.2, -0.15) is 0 Å². The molecule has 1 N–H and O–H groups in total. The van der Waals surface area contributed by atoms with Crippen LogP contribution in [-0.4, -0.2) is 30.4 Å². The minimum atomic E-state index is -0.583. The zero-order valence-corrected chi connectivity index (χ0v) is 10.7. The van der Waals surface area contributed by atoms with Crippen LogP contribution in [0.4, 0.5) is 14.5 Å². The molecule has 1 aliphatic rings. The number of hydrogen-bond acceptors (Lipinski definition) is 2. The normalized spacial score (nSPS) is 19.9. The predicted octanol–water partition coefficient (Wildman–Crippen LogP) is 2.37. The van der Waals surface area contributed by atoms with Crippen LogP contribution in [0, 0.1) is 11.6 Å². The molecule has 1 unspecified atom stereocenters. The van der Waals surface area contributed by atoms with Crippen LogP contribution >= 0.6 is 15.9 Å². The average molecular weight is 305 g/mol. The molecule has 0 bridgehead atoms. The maximum absolute atomic E-state index is 13.5. The molecule has 0 saturated carbocycles. The Hall–Kier alpha value is -1.17. The molecule has 1 aromatic carbocycles. The first kappa shape index (κ1) is 12.3. The fourth-order valence-electron chi connectivity index (χ4n) is 1.78. The predicted molar refractivity (Wildman–Crippen MR) is 63.7 cm³/mol. The summed E-state index contributed by atoms with van der Waals surface area (Å²) in [7, 11) is 1.68. The van der Waals surface area contributed by atoms with E-state index in [1.807, 2.05) is 0 Å². The number of amides is 1. The van der Waals surface area contributed by atoms with Crippen LogP contribution in [0.25, 0.3) is 0 Å². The van der Waals surface area contributed by atoms with Crippen LogP contribution in [0.2, 0.25) is 0 Å². The second-order valence-corrected chi connectivity index (χ2v) is 4.85. The lowest BCUT2D eigenvalue weighted by Gasteiger charge is -2.14. The summed E-state index contributed by atoms with van der Waals surface area (Å²) in [5.74, 6) is -1.25. The lowest BCUT2D eigenvalue weighted by atomic mass is 10.2. The molecule has 0 radical (unpaired) electrons. The Bertz CT molecular complexity index is 467. The van der Waals surface area contributed by atoms with Gasteiger partial charge in [-0.3, -0.25) is 4.79 Å². The van der Waals surface area contributed by atoms with Gasteiger partial charge in [0.05, 0.1) is 10.2 Å².